The fraction of sp³-hybridized carbons (Fsp3) is 0.316. The van der Waals surface area contributed by atoms with Crippen LogP contribution in [0.5, 0.6) is 5.88 Å². The van der Waals surface area contributed by atoms with Crippen molar-refractivity contribution in [3.63, 3.8) is 0 Å². The normalized spacial score (nSPS) is 17.7. The third-order valence-electron chi connectivity index (χ3n) is 4.69. The molecule has 1 atom stereocenters. The molecule has 0 saturated carbocycles. The van der Waals surface area contributed by atoms with Gasteiger partial charge in [-0.25, -0.2) is 8.42 Å². The Morgan fingerprint density at radius 2 is 1.93 bits per heavy atom. The Morgan fingerprint density at radius 1 is 1.11 bits per heavy atom. The molecular weight excluding hydrogens is 378 g/mol. The summed E-state index contributed by atoms with van der Waals surface area (Å²) in [4.78, 5) is 6.34. The summed E-state index contributed by atoms with van der Waals surface area (Å²) in [5.74, 6) is 1.12. The number of aromatic nitrogens is 3. The number of hydrogen-bond donors (Lipinski definition) is 0. The quantitative estimate of drug-likeness (QED) is 0.648. The molecular formula is C19H21N5O3S. The number of fused-ring (bicyclic) bond motifs is 1. The number of rotatable bonds is 5. The number of sulfonamides is 1. The standard InChI is InChI=1S/C19H21N5O3S/c1-23(2)17-8-9-18(22-21-17)27-15-10-12-24(13-15)28(25,26)16-7-3-5-14-6-4-11-20-19(14)16/h3-9,11,15H,10,12-13H2,1-2H3/t15-/m0/s1. The Balaban J connectivity index is 1.51. The minimum absolute atomic E-state index is 0.223. The van der Waals surface area contributed by atoms with Crippen LogP contribution in [0, 0.1) is 0 Å². The van der Waals surface area contributed by atoms with Crippen LogP contribution in [0.3, 0.4) is 0 Å². The van der Waals surface area contributed by atoms with Gasteiger partial charge in [0.1, 0.15) is 11.0 Å². The maximum Gasteiger partial charge on any atom is 0.245 e. The number of pyridine rings is 1. The summed E-state index contributed by atoms with van der Waals surface area (Å²) < 4.78 is 33.6. The van der Waals surface area contributed by atoms with Gasteiger partial charge in [-0.2, -0.15) is 4.31 Å². The highest BCUT2D eigenvalue weighted by molar-refractivity contribution is 7.89. The lowest BCUT2D eigenvalue weighted by atomic mass is 10.2. The smallest absolute Gasteiger partial charge is 0.245 e. The van der Waals surface area contributed by atoms with Crippen LogP contribution in [0.25, 0.3) is 10.9 Å². The first-order chi connectivity index (χ1) is 13.4. The molecule has 146 valence electrons. The van der Waals surface area contributed by atoms with Crippen molar-refractivity contribution in [2.45, 2.75) is 17.4 Å². The highest BCUT2D eigenvalue weighted by Crippen LogP contribution is 2.27. The van der Waals surface area contributed by atoms with Gasteiger partial charge in [0.2, 0.25) is 15.9 Å². The summed E-state index contributed by atoms with van der Waals surface area (Å²) in [5.41, 5.74) is 0.486. The van der Waals surface area contributed by atoms with Gasteiger partial charge in [-0.3, -0.25) is 4.98 Å². The molecule has 0 bridgehead atoms. The van der Waals surface area contributed by atoms with E-state index < -0.39 is 10.0 Å². The second-order valence-electron chi connectivity index (χ2n) is 6.85. The Bertz CT molecular complexity index is 1080. The van der Waals surface area contributed by atoms with Crippen LogP contribution in [0.1, 0.15) is 6.42 Å². The Labute approximate surface area is 163 Å². The predicted octanol–water partition coefficient (Wildman–Crippen LogP) is 1.93. The van der Waals surface area contributed by atoms with Crippen molar-refractivity contribution in [1.82, 2.24) is 19.5 Å². The molecule has 1 aromatic carbocycles. The molecule has 0 N–H and O–H groups in total. The molecule has 1 aliphatic heterocycles. The van der Waals surface area contributed by atoms with E-state index in [1.54, 1.807) is 30.5 Å². The third-order valence-corrected chi connectivity index (χ3v) is 6.59. The highest BCUT2D eigenvalue weighted by atomic mass is 32.2. The Kier molecular flexibility index (Phi) is 4.86. The second-order valence-corrected chi connectivity index (χ2v) is 8.75. The summed E-state index contributed by atoms with van der Waals surface area (Å²) in [7, 11) is 0.102. The third kappa shape index (κ3) is 3.50. The number of nitrogens with zero attached hydrogens (tertiary/aromatic N) is 5. The zero-order valence-corrected chi connectivity index (χ0v) is 16.5. The van der Waals surface area contributed by atoms with Gasteiger partial charge in [0, 0.05) is 38.3 Å². The van der Waals surface area contributed by atoms with E-state index in [1.807, 2.05) is 37.2 Å². The van der Waals surface area contributed by atoms with Gasteiger partial charge in [-0.15, -0.1) is 10.2 Å². The molecule has 4 rings (SSSR count). The van der Waals surface area contributed by atoms with Crippen LogP contribution in [0.15, 0.2) is 53.6 Å². The molecule has 1 saturated heterocycles. The number of anilines is 1. The monoisotopic (exact) mass is 399 g/mol. The minimum atomic E-state index is -3.66. The topological polar surface area (TPSA) is 88.5 Å². The van der Waals surface area contributed by atoms with E-state index in [-0.39, 0.29) is 17.5 Å². The van der Waals surface area contributed by atoms with Crippen LogP contribution in [-0.2, 0) is 10.0 Å². The largest absolute Gasteiger partial charge is 0.472 e. The molecule has 0 radical (unpaired) electrons. The van der Waals surface area contributed by atoms with Gasteiger partial charge in [0.25, 0.3) is 0 Å². The molecule has 1 aliphatic rings. The van der Waals surface area contributed by atoms with E-state index in [0.29, 0.717) is 24.4 Å². The van der Waals surface area contributed by atoms with Gasteiger partial charge >= 0.3 is 0 Å². The molecule has 0 unspecified atom stereocenters. The lowest BCUT2D eigenvalue weighted by Crippen LogP contribution is -2.31. The van der Waals surface area contributed by atoms with Gasteiger partial charge in [-0.05, 0) is 24.6 Å². The van der Waals surface area contributed by atoms with Crippen LogP contribution in [-0.4, -0.2) is 61.2 Å². The zero-order chi connectivity index (χ0) is 19.7. The van der Waals surface area contributed by atoms with E-state index >= 15 is 0 Å². The van der Waals surface area contributed by atoms with Gasteiger partial charge in [0.15, 0.2) is 5.82 Å². The average Bonchev–Trinajstić information content (AvgIpc) is 3.17. The molecule has 28 heavy (non-hydrogen) atoms. The number of para-hydroxylation sites is 1. The van der Waals surface area contributed by atoms with Crippen molar-refractivity contribution in [3.8, 4) is 5.88 Å². The summed E-state index contributed by atoms with van der Waals surface area (Å²) in [6, 6.07) is 12.4. The Morgan fingerprint density at radius 3 is 2.68 bits per heavy atom. The first kappa shape index (κ1) is 18.6. The van der Waals surface area contributed by atoms with Gasteiger partial charge in [-0.1, -0.05) is 18.2 Å². The van der Waals surface area contributed by atoms with Gasteiger partial charge in [0.05, 0.1) is 12.1 Å². The van der Waals surface area contributed by atoms with Crippen LogP contribution < -0.4 is 9.64 Å². The average molecular weight is 399 g/mol. The molecule has 0 aliphatic carbocycles. The lowest BCUT2D eigenvalue weighted by molar-refractivity contribution is 0.205. The van der Waals surface area contributed by atoms with E-state index in [2.05, 4.69) is 15.2 Å². The van der Waals surface area contributed by atoms with Crippen LogP contribution >= 0.6 is 0 Å². The lowest BCUT2D eigenvalue weighted by Gasteiger charge is -2.18. The summed E-state index contributed by atoms with van der Waals surface area (Å²) in [6.07, 6.45) is 1.93. The molecule has 2 aromatic heterocycles. The van der Waals surface area contributed by atoms with Crippen molar-refractivity contribution < 1.29 is 13.2 Å². The summed E-state index contributed by atoms with van der Waals surface area (Å²) in [5, 5.41) is 8.94. The molecule has 0 amide bonds. The molecule has 8 nitrogen and oxygen atoms in total. The Hall–Kier alpha value is -2.78. The fourth-order valence-corrected chi connectivity index (χ4v) is 4.87. The first-order valence-corrected chi connectivity index (χ1v) is 10.4. The van der Waals surface area contributed by atoms with Crippen LogP contribution in [0.4, 0.5) is 5.82 Å². The molecule has 9 heteroatoms. The second kappa shape index (κ2) is 7.33. The van der Waals surface area contributed by atoms with Crippen molar-refractivity contribution >= 4 is 26.7 Å². The van der Waals surface area contributed by atoms with Crippen molar-refractivity contribution in [2.75, 3.05) is 32.1 Å². The summed E-state index contributed by atoms with van der Waals surface area (Å²) in [6.45, 7) is 0.655. The number of hydrogen-bond acceptors (Lipinski definition) is 7. The highest BCUT2D eigenvalue weighted by Gasteiger charge is 2.35. The molecule has 3 aromatic rings. The minimum Gasteiger partial charge on any atom is -0.472 e. The van der Waals surface area contributed by atoms with Crippen LogP contribution in [0.2, 0.25) is 0 Å². The van der Waals surface area contributed by atoms with E-state index in [4.69, 9.17) is 4.74 Å². The van der Waals surface area contributed by atoms with Gasteiger partial charge < -0.3 is 9.64 Å². The fourth-order valence-electron chi connectivity index (χ4n) is 3.22. The van der Waals surface area contributed by atoms with E-state index in [0.717, 1.165) is 11.2 Å². The number of benzene rings is 1. The maximum atomic E-state index is 13.2. The number of ether oxygens (including phenoxy) is 1. The summed E-state index contributed by atoms with van der Waals surface area (Å²) >= 11 is 0. The molecule has 1 fully saturated rings. The predicted molar refractivity (Wildman–Crippen MR) is 106 cm³/mol. The maximum absolute atomic E-state index is 13.2. The SMILES string of the molecule is CN(C)c1ccc(O[C@H]2CCN(S(=O)(=O)c3cccc4cccnc34)C2)nn1. The molecule has 0 spiro atoms. The van der Waals surface area contributed by atoms with E-state index in [9.17, 15) is 8.42 Å². The zero-order valence-electron chi connectivity index (χ0n) is 15.7. The van der Waals surface area contributed by atoms with Crippen molar-refractivity contribution in [2.24, 2.45) is 0 Å². The van der Waals surface area contributed by atoms with E-state index in [1.165, 1.54) is 4.31 Å². The van der Waals surface area contributed by atoms with Crippen molar-refractivity contribution in [3.05, 3.63) is 48.7 Å². The van der Waals surface area contributed by atoms with Crippen molar-refractivity contribution in [1.29, 1.82) is 0 Å². The first-order valence-electron chi connectivity index (χ1n) is 8.97. The molecule has 3 heterocycles.